The van der Waals surface area contributed by atoms with E-state index in [4.69, 9.17) is 21.1 Å². The van der Waals surface area contributed by atoms with Crippen LogP contribution in [0.3, 0.4) is 0 Å². The number of amides is 1. The van der Waals surface area contributed by atoms with Gasteiger partial charge < -0.3 is 26.1 Å². The summed E-state index contributed by atoms with van der Waals surface area (Å²) >= 11 is 3.29. The van der Waals surface area contributed by atoms with Crippen LogP contribution in [-0.4, -0.2) is 42.1 Å². The van der Waals surface area contributed by atoms with Crippen molar-refractivity contribution in [2.24, 2.45) is 0 Å². The van der Waals surface area contributed by atoms with Crippen LogP contribution < -0.4 is 15.8 Å². The first kappa shape index (κ1) is 23.8. The molecule has 4 N–H and O–H groups in total. The molecule has 0 radical (unpaired) electrons. The molecule has 1 heterocycles. The average molecular weight is 489 g/mol. The van der Waals surface area contributed by atoms with Gasteiger partial charge >= 0.3 is 0 Å². The third-order valence-corrected chi connectivity index (χ3v) is 4.73. The highest BCUT2D eigenvalue weighted by atomic mass is 79.9. The molecule has 0 aliphatic rings. The highest BCUT2D eigenvalue weighted by molar-refractivity contribution is 9.10. The first-order valence-corrected chi connectivity index (χ1v) is 9.95. The second-order valence-electron chi connectivity index (χ2n) is 6.63. The number of hydrogen-bond acceptors (Lipinski definition) is 7. The van der Waals surface area contributed by atoms with Crippen LogP contribution in [0.4, 0.5) is 10.2 Å². The number of hydrogen-bond donors (Lipinski definition) is 3. The summed E-state index contributed by atoms with van der Waals surface area (Å²) in [6.07, 6.45) is 2.15. The zero-order valence-electron chi connectivity index (χ0n) is 17.2. The average Bonchev–Trinajstić information content (AvgIpc) is 2.73. The summed E-state index contributed by atoms with van der Waals surface area (Å²) in [5, 5.41) is 19.6. The number of nitrogens with zero attached hydrogens (tertiary/aromatic N) is 3. The number of aromatic nitrogens is 1. The van der Waals surface area contributed by atoms with Crippen molar-refractivity contribution < 1.29 is 13.9 Å². The van der Waals surface area contributed by atoms with Crippen LogP contribution in [0.1, 0.15) is 28.9 Å². The number of allylic oxidation sites excluding steroid dienone is 1. The van der Waals surface area contributed by atoms with E-state index in [1.807, 2.05) is 6.07 Å². The number of nitrogens with one attached hydrogen (secondary N) is 2. The molecule has 8 nitrogen and oxygen atoms in total. The van der Waals surface area contributed by atoms with Gasteiger partial charge in [0.25, 0.3) is 5.91 Å². The number of nitrogens with two attached hydrogens (primary N) is 1. The lowest BCUT2D eigenvalue weighted by Crippen LogP contribution is -2.32. The largest absolute Gasteiger partial charge is 0.482 e. The molecule has 162 valence electrons. The summed E-state index contributed by atoms with van der Waals surface area (Å²) in [6.45, 7) is 1.63. The minimum absolute atomic E-state index is 0.0414. The monoisotopic (exact) mass is 488 g/mol. The maximum Gasteiger partial charge on any atom is 0.254 e. The Bertz CT molecular complexity index is 1070. The summed E-state index contributed by atoms with van der Waals surface area (Å²) in [4.78, 5) is 18.3. The van der Waals surface area contributed by atoms with Crippen molar-refractivity contribution >= 4 is 33.4 Å². The van der Waals surface area contributed by atoms with Crippen molar-refractivity contribution in [2.75, 3.05) is 26.4 Å². The number of benzene rings is 1. The van der Waals surface area contributed by atoms with Crippen LogP contribution in [0.5, 0.6) is 5.75 Å². The predicted molar refractivity (Wildman–Crippen MR) is 119 cm³/mol. The Balaban J connectivity index is 2.28. The number of carbonyl (C=O) groups excluding carboxylic acids is 1. The van der Waals surface area contributed by atoms with Gasteiger partial charge in [-0.1, -0.05) is 0 Å². The van der Waals surface area contributed by atoms with E-state index in [0.717, 1.165) is 0 Å². The first-order valence-electron chi connectivity index (χ1n) is 9.15. The highest BCUT2D eigenvalue weighted by Crippen LogP contribution is 2.30. The third-order valence-electron chi connectivity index (χ3n) is 4.30. The van der Waals surface area contributed by atoms with Gasteiger partial charge in [0.2, 0.25) is 0 Å². The number of nitriles is 1. The summed E-state index contributed by atoms with van der Waals surface area (Å²) in [6, 6.07) is 7.33. The molecule has 1 atom stereocenters. The molecule has 1 amide bonds. The molecular formula is C21H22BrFN6O2. The standard InChI is InChI=1S/C21H22BrFN6O2/c1-12(31-19-6-13(22)10-28-20(19)26)18-7-14(23)4-5-17(18)21(30)29(3)11-15(25)8-16(9-24)27-2/h4-8,10,12,25,27H,11H2,1-3H3,(H2,26,28)/b16-8-,25-15?/t12-/m1/s1. The summed E-state index contributed by atoms with van der Waals surface area (Å²) in [5.41, 5.74) is 6.66. The fourth-order valence-corrected chi connectivity index (χ4v) is 3.07. The van der Waals surface area contributed by atoms with E-state index in [1.165, 1.54) is 42.4 Å². The quantitative estimate of drug-likeness (QED) is 0.385. The second-order valence-corrected chi connectivity index (χ2v) is 7.55. The van der Waals surface area contributed by atoms with Crippen molar-refractivity contribution in [2.45, 2.75) is 13.0 Å². The second kappa shape index (κ2) is 10.5. The third kappa shape index (κ3) is 6.26. The van der Waals surface area contributed by atoms with E-state index in [1.54, 1.807) is 20.0 Å². The summed E-state index contributed by atoms with van der Waals surface area (Å²) in [5.74, 6) is -0.490. The number of carbonyl (C=O) groups is 1. The Morgan fingerprint density at radius 2 is 2.23 bits per heavy atom. The molecule has 0 fully saturated rings. The fraction of sp³-hybridized carbons (Fsp3) is 0.238. The van der Waals surface area contributed by atoms with E-state index in [-0.39, 0.29) is 29.3 Å². The van der Waals surface area contributed by atoms with Gasteiger partial charge in [0.15, 0.2) is 11.6 Å². The molecule has 0 bridgehead atoms. The molecule has 0 unspecified atom stereocenters. The van der Waals surface area contributed by atoms with E-state index in [9.17, 15) is 9.18 Å². The molecule has 1 aromatic heterocycles. The smallest absolute Gasteiger partial charge is 0.254 e. The van der Waals surface area contributed by atoms with Gasteiger partial charge in [0.05, 0.1) is 12.3 Å². The molecule has 10 heteroatoms. The van der Waals surface area contributed by atoms with Crippen molar-refractivity contribution in [3.63, 3.8) is 0 Å². The molecule has 0 saturated carbocycles. The Morgan fingerprint density at radius 3 is 2.87 bits per heavy atom. The van der Waals surface area contributed by atoms with E-state index >= 15 is 0 Å². The van der Waals surface area contributed by atoms with Crippen molar-refractivity contribution in [3.05, 3.63) is 63.7 Å². The van der Waals surface area contributed by atoms with Gasteiger partial charge in [-0.15, -0.1) is 0 Å². The minimum atomic E-state index is -0.713. The van der Waals surface area contributed by atoms with Gasteiger partial charge in [-0.25, -0.2) is 9.37 Å². The summed E-state index contributed by atoms with van der Waals surface area (Å²) < 4.78 is 20.5. The van der Waals surface area contributed by atoms with Gasteiger partial charge in [-0.2, -0.15) is 5.26 Å². The van der Waals surface area contributed by atoms with Gasteiger partial charge in [-0.05, 0) is 53.2 Å². The maximum atomic E-state index is 14.0. The zero-order valence-corrected chi connectivity index (χ0v) is 18.8. The lowest BCUT2D eigenvalue weighted by Gasteiger charge is -2.22. The predicted octanol–water partition coefficient (Wildman–Crippen LogP) is 3.42. The molecule has 1 aromatic carbocycles. The number of ether oxygens (including phenoxy) is 1. The van der Waals surface area contributed by atoms with Crippen molar-refractivity contribution in [1.29, 1.82) is 10.7 Å². The van der Waals surface area contributed by atoms with E-state index in [0.29, 0.717) is 15.8 Å². The van der Waals surface area contributed by atoms with Gasteiger partial charge in [0.1, 0.15) is 23.7 Å². The minimum Gasteiger partial charge on any atom is -0.482 e. The van der Waals surface area contributed by atoms with Crippen molar-refractivity contribution in [3.8, 4) is 11.8 Å². The van der Waals surface area contributed by atoms with Gasteiger partial charge in [-0.3, -0.25) is 4.79 Å². The zero-order chi connectivity index (χ0) is 23.1. The molecule has 2 aromatic rings. The maximum absolute atomic E-state index is 14.0. The highest BCUT2D eigenvalue weighted by Gasteiger charge is 2.22. The van der Waals surface area contributed by atoms with Crippen LogP contribution in [0.2, 0.25) is 0 Å². The number of pyridine rings is 1. The van der Waals surface area contributed by atoms with Crippen LogP contribution in [0.25, 0.3) is 0 Å². The Kier molecular flexibility index (Phi) is 8.10. The normalized spacial score (nSPS) is 11.9. The Morgan fingerprint density at radius 1 is 1.52 bits per heavy atom. The molecule has 0 saturated heterocycles. The van der Waals surface area contributed by atoms with Crippen LogP contribution in [0, 0.1) is 22.6 Å². The number of anilines is 1. The Hall–Kier alpha value is -3.45. The number of nitrogen functional groups attached to an aromatic ring is 1. The molecule has 0 aliphatic carbocycles. The first-order chi connectivity index (χ1) is 14.7. The van der Waals surface area contributed by atoms with Gasteiger partial charge in [0, 0.05) is 35.9 Å². The van der Waals surface area contributed by atoms with E-state index in [2.05, 4.69) is 26.2 Å². The molecular weight excluding hydrogens is 467 g/mol. The summed E-state index contributed by atoms with van der Waals surface area (Å²) in [7, 11) is 3.09. The molecule has 0 aliphatic heterocycles. The lowest BCUT2D eigenvalue weighted by molar-refractivity contribution is 0.0810. The SMILES string of the molecule is CN/C(C#N)=C\C(=N)CN(C)C(=O)c1ccc(F)cc1[C@@H](C)Oc1cc(Br)cnc1N. The fourth-order valence-electron chi connectivity index (χ4n) is 2.76. The lowest BCUT2D eigenvalue weighted by atomic mass is 10.0. The number of halogens is 2. The van der Waals surface area contributed by atoms with Crippen LogP contribution in [0.15, 0.2) is 46.7 Å². The topological polar surface area (TPSA) is 128 Å². The Labute approximate surface area is 188 Å². The van der Waals surface area contributed by atoms with Crippen LogP contribution >= 0.6 is 15.9 Å². The molecule has 0 spiro atoms. The van der Waals surface area contributed by atoms with Crippen molar-refractivity contribution in [1.82, 2.24) is 15.2 Å². The molecule has 2 rings (SSSR count). The number of rotatable bonds is 8. The molecule has 31 heavy (non-hydrogen) atoms. The van der Waals surface area contributed by atoms with E-state index < -0.39 is 17.8 Å². The van der Waals surface area contributed by atoms with Crippen LogP contribution in [-0.2, 0) is 0 Å².